The van der Waals surface area contributed by atoms with E-state index < -0.39 is 32.9 Å². The fourth-order valence-electron chi connectivity index (χ4n) is 3.89. The molecule has 1 heterocycles. The number of nitrogens with two attached hydrogens (primary N) is 1. The van der Waals surface area contributed by atoms with Crippen LogP contribution in [0.15, 0.2) is 69.9 Å². The molecule has 38 heavy (non-hydrogen) atoms. The van der Waals surface area contributed by atoms with E-state index in [1.54, 1.807) is 36.4 Å². The van der Waals surface area contributed by atoms with E-state index in [0.29, 0.717) is 38.6 Å². The molecule has 0 spiro atoms. The third-order valence-electron chi connectivity index (χ3n) is 5.90. The summed E-state index contributed by atoms with van der Waals surface area (Å²) in [6.45, 7) is -1.14. The monoisotopic (exact) mass is 553 g/mol. The highest BCUT2D eigenvalue weighted by atomic mass is 31.2. The predicted octanol–water partition coefficient (Wildman–Crippen LogP) is 4.24. The summed E-state index contributed by atoms with van der Waals surface area (Å²) in [7, 11) is -4.76. The number of benzene rings is 3. The van der Waals surface area contributed by atoms with Crippen LogP contribution in [0.5, 0.6) is 5.75 Å². The largest absolute Gasteiger partial charge is 0.573 e. The SMILES string of the molecule is NC(CO)(CCc1ccc2oc3cc(-c4ccc(OC(F)(F)F)cc4)ccc3c(=O)c2c1)COP(=O)(O)O. The van der Waals surface area contributed by atoms with Gasteiger partial charge in [0.25, 0.3) is 0 Å². The summed E-state index contributed by atoms with van der Waals surface area (Å²) < 4.78 is 62.4. The number of aryl methyl sites for hydroxylation is 1. The van der Waals surface area contributed by atoms with Crippen LogP contribution in [-0.2, 0) is 15.5 Å². The van der Waals surface area contributed by atoms with E-state index in [-0.39, 0.29) is 24.0 Å². The van der Waals surface area contributed by atoms with Crippen LogP contribution in [0.25, 0.3) is 33.1 Å². The fraction of sp³-hybridized carbons (Fsp3) is 0.240. The molecule has 0 aliphatic heterocycles. The van der Waals surface area contributed by atoms with Crippen LogP contribution in [0.4, 0.5) is 13.2 Å². The Labute approximate surface area is 213 Å². The summed E-state index contributed by atoms with van der Waals surface area (Å²) in [5.74, 6) is -0.351. The first-order valence-electron chi connectivity index (χ1n) is 11.2. The molecular weight excluding hydrogens is 530 g/mol. The van der Waals surface area contributed by atoms with Crippen molar-refractivity contribution in [3.63, 3.8) is 0 Å². The van der Waals surface area contributed by atoms with Gasteiger partial charge in [-0.25, -0.2) is 4.57 Å². The van der Waals surface area contributed by atoms with E-state index in [9.17, 15) is 27.6 Å². The van der Waals surface area contributed by atoms with Crippen LogP contribution < -0.4 is 15.9 Å². The number of aliphatic hydroxyl groups excluding tert-OH is 1. The summed E-state index contributed by atoms with van der Waals surface area (Å²) in [5.41, 5.74) is 6.81. The van der Waals surface area contributed by atoms with Gasteiger partial charge in [0.2, 0.25) is 5.43 Å². The Morgan fingerprint density at radius 2 is 1.61 bits per heavy atom. The lowest BCUT2D eigenvalue weighted by Crippen LogP contribution is -2.48. The minimum atomic E-state index is -4.79. The van der Waals surface area contributed by atoms with Crippen LogP contribution in [0, 0.1) is 0 Å². The molecule has 0 fully saturated rings. The molecule has 1 aromatic heterocycles. The summed E-state index contributed by atoms with van der Waals surface area (Å²) in [4.78, 5) is 31.0. The quantitative estimate of drug-likeness (QED) is 0.176. The maximum atomic E-state index is 13.2. The van der Waals surface area contributed by atoms with Gasteiger partial charge in [0, 0.05) is 0 Å². The molecule has 0 amide bonds. The molecule has 13 heteroatoms. The van der Waals surface area contributed by atoms with E-state index in [0.717, 1.165) is 0 Å². The third kappa shape index (κ3) is 6.79. The first-order chi connectivity index (χ1) is 17.8. The van der Waals surface area contributed by atoms with Crippen LogP contribution in [0.3, 0.4) is 0 Å². The molecule has 3 aromatic carbocycles. The Balaban J connectivity index is 1.58. The average Bonchev–Trinajstić information content (AvgIpc) is 2.85. The lowest BCUT2D eigenvalue weighted by atomic mass is 9.93. The Morgan fingerprint density at radius 1 is 0.921 bits per heavy atom. The molecule has 202 valence electrons. The number of aliphatic hydroxyl groups is 1. The number of rotatable bonds is 9. The maximum absolute atomic E-state index is 13.2. The normalized spacial score (nSPS) is 14.1. The third-order valence-corrected chi connectivity index (χ3v) is 6.37. The number of fused-ring (bicyclic) bond motifs is 2. The summed E-state index contributed by atoms with van der Waals surface area (Å²) in [5, 5.41) is 10.2. The molecule has 0 aliphatic carbocycles. The van der Waals surface area contributed by atoms with Gasteiger partial charge in [-0.2, -0.15) is 0 Å². The van der Waals surface area contributed by atoms with Crippen LogP contribution in [0.1, 0.15) is 12.0 Å². The highest BCUT2D eigenvalue weighted by molar-refractivity contribution is 7.46. The van der Waals surface area contributed by atoms with Crippen LogP contribution in [-0.4, -0.2) is 40.0 Å². The van der Waals surface area contributed by atoms with Gasteiger partial charge < -0.3 is 29.8 Å². The molecule has 4 rings (SSSR count). The predicted molar refractivity (Wildman–Crippen MR) is 132 cm³/mol. The van der Waals surface area contributed by atoms with E-state index in [2.05, 4.69) is 9.26 Å². The molecule has 1 unspecified atom stereocenters. The molecular formula is C25H23F3NO8P. The first kappa shape index (κ1) is 27.8. The smallest absolute Gasteiger partial charge is 0.456 e. The second kappa shape index (κ2) is 10.5. The van der Waals surface area contributed by atoms with E-state index in [4.69, 9.17) is 19.9 Å². The molecule has 0 radical (unpaired) electrons. The van der Waals surface area contributed by atoms with E-state index in [1.165, 1.54) is 24.3 Å². The Bertz CT molecular complexity index is 1570. The second-order valence-corrected chi connectivity index (χ2v) is 10.1. The highest BCUT2D eigenvalue weighted by Gasteiger charge is 2.31. The van der Waals surface area contributed by atoms with Crippen molar-refractivity contribution in [3.8, 4) is 16.9 Å². The van der Waals surface area contributed by atoms with Crippen molar-refractivity contribution in [1.29, 1.82) is 0 Å². The second-order valence-electron chi connectivity index (χ2n) is 8.83. The number of ether oxygens (including phenoxy) is 1. The number of alkyl halides is 3. The van der Waals surface area contributed by atoms with Gasteiger partial charge >= 0.3 is 14.2 Å². The molecule has 0 aliphatic rings. The molecule has 1 atom stereocenters. The molecule has 9 nitrogen and oxygen atoms in total. The molecule has 0 saturated heterocycles. The average molecular weight is 553 g/mol. The number of phosphoric ester groups is 1. The van der Waals surface area contributed by atoms with Gasteiger partial charge in [0.05, 0.1) is 29.5 Å². The van der Waals surface area contributed by atoms with Crippen molar-refractivity contribution in [2.24, 2.45) is 5.73 Å². The zero-order chi connectivity index (χ0) is 27.7. The first-order valence-corrected chi connectivity index (χ1v) is 12.7. The highest BCUT2D eigenvalue weighted by Crippen LogP contribution is 2.37. The maximum Gasteiger partial charge on any atom is 0.573 e. The summed E-state index contributed by atoms with van der Waals surface area (Å²) in [6.07, 6.45) is -4.40. The van der Waals surface area contributed by atoms with Crippen LogP contribution in [0.2, 0.25) is 0 Å². The van der Waals surface area contributed by atoms with Gasteiger partial charge in [0.15, 0.2) is 0 Å². The number of hydrogen-bond donors (Lipinski definition) is 4. The van der Waals surface area contributed by atoms with Gasteiger partial charge in [-0.15, -0.1) is 13.2 Å². The number of halogens is 3. The molecule has 5 N–H and O–H groups in total. The lowest BCUT2D eigenvalue weighted by molar-refractivity contribution is -0.274. The van der Waals surface area contributed by atoms with E-state index >= 15 is 0 Å². The Kier molecular flexibility index (Phi) is 7.67. The van der Waals surface area contributed by atoms with E-state index in [1.807, 2.05) is 0 Å². The minimum Gasteiger partial charge on any atom is -0.456 e. The minimum absolute atomic E-state index is 0.115. The Morgan fingerprint density at radius 3 is 2.24 bits per heavy atom. The molecule has 0 saturated carbocycles. The zero-order valence-electron chi connectivity index (χ0n) is 19.6. The standard InChI is InChI=1S/C25H23F3NO8P/c26-25(27,28)37-18-5-2-16(3-6-18)17-4-7-19-22(12-17)36-21-8-1-15(11-20(21)23(19)31)9-10-24(29,13-30)14-35-38(32,33)34/h1-8,11-12,30H,9-10,13-14,29H2,(H2,32,33,34). The van der Waals surface area contributed by atoms with Crippen molar-refractivity contribution >= 4 is 29.8 Å². The van der Waals surface area contributed by atoms with Crippen LogP contribution >= 0.6 is 7.82 Å². The number of phosphoric acid groups is 1. The van der Waals surface area contributed by atoms with Gasteiger partial charge in [-0.05, 0) is 65.9 Å². The lowest BCUT2D eigenvalue weighted by Gasteiger charge is -2.27. The Hall–Kier alpha value is -3.25. The van der Waals surface area contributed by atoms with Crippen molar-refractivity contribution in [1.82, 2.24) is 0 Å². The fourth-order valence-corrected chi connectivity index (χ4v) is 4.31. The van der Waals surface area contributed by atoms with Gasteiger partial charge in [-0.1, -0.05) is 24.3 Å². The van der Waals surface area contributed by atoms with Crippen molar-refractivity contribution < 1.29 is 46.3 Å². The summed E-state index contributed by atoms with van der Waals surface area (Å²) >= 11 is 0. The topological polar surface area (TPSA) is 152 Å². The van der Waals surface area contributed by atoms with Gasteiger partial charge in [-0.3, -0.25) is 9.32 Å². The van der Waals surface area contributed by atoms with Crippen molar-refractivity contribution in [2.75, 3.05) is 13.2 Å². The number of hydrogen-bond acceptors (Lipinski definition) is 7. The zero-order valence-corrected chi connectivity index (χ0v) is 20.5. The van der Waals surface area contributed by atoms with Crippen molar-refractivity contribution in [2.45, 2.75) is 24.7 Å². The van der Waals surface area contributed by atoms with Crippen molar-refractivity contribution in [3.05, 3.63) is 76.5 Å². The van der Waals surface area contributed by atoms with Gasteiger partial charge in [0.1, 0.15) is 16.9 Å². The molecule has 0 bridgehead atoms. The molecule has 4 aromatic rings. The summed E-state index contributed by atoms with van der Waals surface area (Å²) in [6, 6.07) is 15.1.